The van der Waals surface area contributed by atoms with Gasteiger partial charge in [0.15, 0.2) is 6.10 Å². The fourth-order valence-electron chi connectivity index (χ4n) is 3.17. The van der Waals surface area contributed by atoms with Crippen molar-refractivity contribution in [3.8, 4) is 0 Å². The molecule has 6 N–H and O–H groups in total. The van der Waals surface area contributed by atoms with Crippen LogP contribution in [0.3, 0.4) is 0 Å². The van der Waals surface area contributed by atoms with Crippen LogP contribution in [-0.2, 0) is 30.8 Å². The molecule has 3 atom stereocenters. The first-order chi connectivity index (χ1) is 15.6. The van der Waals surface area contributed by atoms with Crippen molar-refractivity contribution in [2.45, 2.75) is 37.6 Å². The summed E-state index contributed by atoms with van der Waals surface area (Å²) in [7, 11) is -4.02. The van der Waals surface area contributed by atoms with E-state index in [4.69, 9.17) is 4.74 Å². The van der Waals surface area contributed by atoms with Gasteiger partial charge in [0, 0.05) is 12.0 Å². The lowest BCUT2D eigenvalue weighted by Gasteiger charge is -2.33. The highest BCUT2D eigenvalue weighted by Gasteiger charge is 2.40. The van der Waals surface area contributed by atoms with E-state index >= 15 is 0 Å². The van der Waals surface area contributed by atoms with Crippen LogP contribution in [0.2, 0.25) is 0 Å². The summed E-state index contributed by atoms with van der Waals surface area (Å²) >= 11 is 0. The molecule has 3 rings (SSSR count). The van der Waals surface area contributed by atoms with Crippen molar-refractivity contribution in [3.63, 3.8) is 0 Å². The molecule has 1 heterocycles. The quantitative estimate of drug-likeness (QED) is 0.230. The minimum atomic E-state index is -4.02. The average molecular weight is 483 g/mol. The topological polar surface area (TPSA) is 182 Å². The second kappa shape index (κ2) is 10.3. The molecule has 0 aromatic heterocycles. The van der Waals surface area contributed by atoms with Crippen LogP contribution in [0.5, 0.6) is 0 Å². The van der Waals surface area contributed by atoms with Gasteiger partial charge in [-0.15, -0.1) is 0 Å². The SMILES string of the molecule is O=C(O)C1=CC(NS(=O)(=O)CCc2ccccc2)=C(NC(=O)C2CC2)[C@H]([C@H](O)[C@H](O)CO)O1. The number of aliphatic hydroxyl groups is 3. The fourth-order valence-corrected chi connectivity index (χ4v) is 4.28. The maximum atomic E-state index is 12.8. The molecule has 0 bridgehead atoms. The maximum Gasteiger partial charge on any atom is 0.371 e. The largest absolute Gasteiger partial charge is 0.475 e. The minimum Gasteiger partial charge on any atom is -0.475 e. The summed E-state index contributed by atoms with van der Waals surface area (Å²) in [5, 5.41) is 41.4. The van der Waals surface area contributed by atoms with Gasteiger partial charge in [0.25, 0.3) is 0 Å². The number of sulfonamides is 1. The summed E-state index contributed by atoms with van der Waals surface area (Å²) < 4.78 is 33.1. The number of carbonyl (C=O) groups is 2. The molecule has 11 nitrogen and oxygen atoms in total. The van der Waals surface area contributed by atoms with Gasteiger partial charge in [-0.1, -0.05) is 30.3 Å². The molecule has 12 heteroatoms. The number of carboxylic acids is 1. The van der Waals surface area contributed by atoms with Crippen molar-refractivity contribution in [2.24, 2.45) is 5.92 Å². The van der Waals surface area contributed by atoms with Crippen LogP contribution < -0.4 is 10.0 Å². The summed E-state index contributed by atoms with van der Waals surface area (Å²) in [5.74, 6) is -3.38. The lowest BCUT2D eigenvalue weighted by molar-refractivity contribution is -0.140. The Labute approximate surface area is 190 Å². The Morgan fingerprint density at radius 2 is 1.82 bits per heavy atom. The highest BCUT2D eigenvalue weighted by atomic mass is 32.2. The van der Waals surface area contributed by atoms with Crippen LogP contribution in [0.4, 0.5) is 0 Å². The van der Waals surface area contributed by atoms with E-state index in [-0.39, 0.29) is 29.5 Å². The van der Waals surface area contributed by atoms with E-state index in [1.165, 1.54) is 0 Å². The molecule has 33 heavy (non-hydrogen) atoms. The number of rotatable bonds is 11. The third kappa shape index (κ3) is 6.54. The Morgan fingerprint density at radius 3 is 2.39 bits per heavy atom. The van der Waals surface area contributed by atoms with Gasteiger partial charge in [0.1, 0.15) is 12.2 Å². The van der Waals surface area contributed by atoms with Crippen molar-refractivity contribution in [1.82, 2.24) is 10.0 Å². The molecule has 0 radical (unpaired) electrons. The van der Waals surface area contributed by atoms with E-state index in [2.05, 4.69) is 10.0 Å². The van der Waals surface area contributed by atoms with Crippen LogP contribution in [-0.4, -0.2) is 71.4 Å². The molecule has 1 fully saturated rings. The van der Waals surface area contributed by atoms with Gasteiger partial charge in [-0.3, -0.25) is 9.52 Å². The molecular weight excluding hydrogens is 456 g/mol. The highest BCUT2D eigenvalue weighted by molar-refractivity contribution is 7.89. The van der Waals surface area contributed by atoms with Crippen molar-refractivity contribution < 1.29 is 43.2 Å². The predicted molar refractivity (Wildman–Crippen MR) is 115 cm³/mol. The van der Waals surface area contributed by atoms with E-state index in [0.29, 0.717) is 12.8 Å². The molecule has 1 saturated carbocycles. The molecule has 1 aromatic carbocycles. The Hall–Kier alpha value is -2.93. The summed E-state index contributed by atoms with van der Waals surface area (Å²) in [6.45, 7) is -0.880. The Balaban J connectivity index is 1.94. The van der Waals surface area contributed by atoms with Crippen molar-refractivity contribution in [1.29, 1.82) is 0 Å². The molecule has 180 valence electrons. The number of hydrogen-bond acceptors (Lipinski definition) is 8. The molecule has 0 unspecified atom stereocenters. The molecule has 1 aliphatic heterocycles. The highest BCUT2D eigenvalue weighted by Crippen LogP contribution is 2.31. The smallest absolute Gasteiger partial charge is 0.371 e. The van der Waals surface area contributed by atoms with E-state index < -0.39 is 52.6 Å². The van der Waals surface area contributed by atoms with Gasteiger partial charge in [-0.25, -0.2) is 13.2 Å². The van der Waals surface area contributed by atoms with E-state index in [0.717, 1.165) is 11.6 Å². The molecule has 0 saturated heterocycles. The van der Waals surface area contributed by atoms with Gasteiger partial charge in [-0.05, 0) is 24.8 Å². The normalized spacial score (nSPS) is 20.3. The van der Waals surface area contributed by atoms with E-state index in [1.54, 1.807) is 30.3 Å². The van der Waals surface area contributed by atoms with Gasteiger partial charge >= 0.3 is 5.97 Å². The van der Waals surface area contributed by atoms with Crippen molar-refractivity contribution in [3.05, 3.63) is 59.1 Å². The lowest BCUT2D eigenvalue weighted by Crippen LogP contribution is -2.49. The summed E-state index contributed by atoms with van der Waals surface area (Å²) in [6, 6.07) is 8.85. The molecule has 1 aliphatic carbocycles. The standard InChI is InChI=1S/C21H26N2O9S/c24-11-15(25)18(26)19-17(22-20(27)13-6-7-13)14(10-16(32-19)21(28)29)23-33(30,31)9-8-12-4-2-1-3-5-12/h1-5,10,13,15,18-19,23-26H,6-9,11H2,(H,22,27)(H,28,29)/t15-,18-,19-/m1/s1. The maximum absolute atomic E-state index is 12.8. The third-order valence-electron chi connectivity index (χ3n) is 5.18. The number of carbonyl (C=O) groups excluding carboxylic acids is 1. The zero-order valence-electron chi connectivity index (χ0n) is 17.5. The molecule has 2 aliphatic rings. The lowest BCUT2D eigenvalue weighted by atomic mass is 10.0. The number of aliphatic hydroxyl groups excluding tert-OH is 3. The molecule has 0 spiro atoms. The number of allylic oxidation sites excluding steroid dienone is 1. The number of ether oxygens (including phenoxy) is 1. The fraction of sp³-hybridized carbons (Fsp3) is 0.429. The van der Waals surface area contributed by atoms with Gasteiger partial charge in [-0.2, -0.15) is 0 Å². The molecule has 1 amide bonds. The number of aryl methyl sites for hydroxylation is 1. The summed E-state index contributed by atoms with van der Waals surface area (Å²) in [4.78, 5) is 24.0. The van der Waals surface area contributed by atoms with Crippen LogP contribution >= 0.6 is 0 Å². The van der Waals surface area contributed by atoms with Crippen LogP contribution in [0, 0.1) is 5.92 Å². The zero-order valence-corrected chi connectivity index (χ0v) is 18.4. The second-order valence-electron chi connectivity index (χ2n) is 7.84. The van der Waals surface area contributed by atoms with Crippen molar-refractivity contribution >= 4 is 21.9 Å². The second-order valence-corrected chi connectivity index (χ2v) is 9.68. The summed E-state index contributed by atoms with van der Waals surface area (Å²) in [6.07, 6.45) is -2.95. The van der Waals surface area contributed by atoms with Crippen LogP contribution in [0.1, 0.15) is 18.4 Å². The monoisotopic (exact) mass is 482 g/mol. The molecular formula is C21H26N2O9S. The van der Waals surface area contributed by atoms with E-state index in [9.17, 15) is 38.4 Å². The first-order valence-corrected chi connectivity index (χ1v) is 11.9. The number of aliphatic carboxylic acids is 1. The number of benzene rings is 1. The zero-order chi connectivity index (χ0) is 24.2. The van der Waals surface area contributed by atoms with Gasteiger partial charge in [0.2, 0.25) is 21.7 Å². The van der Waals surface area contributed by atoms with Crippen LogP contribution in [0.25, 0.3) is 0 Å². The third-order valence-corrected chi connectivity index (χ3v) is 6.45. The minimum absolute atomic E-state index is 0.175. The number of nitrogens with one attached hydrogen (secondary N) is 2. The van der Waals surface area contributed by atoms with E-state index in [1.807, 2.05) is 0 Å². The van der Waals surface area contributed by atoms with Crippen molar-refractivity contribution in [2.75, 3.05) is 12.4 Å². The van der Waals surface area contributed by atoms with Gasteiger partial charge in [0.05, 0.1) is 23.8 Å². The molecule has 1 aromatic rings. The van der Waals surface area contributed by atoms with Gasteiger partial charge < -0.3 is 30.5 Å². The predicted octanol–water partition coefficient (Wildman–Crippen LogP) is -1.03. The Morgan fingerprint density at radius 1 is 1.15 bits per heavy atom. The Bertz CT molecular complexity index is 1050. The number of carboxylic acid groups (broad SMARTS) is 1. The average Bonchev–Trinajstić information content (AvgIpc) is 3.63. The van der Waals surface area contributed by atoms with Crippen LogP contribution in [0.15, 0.2) is 53.6 Å². The first-order valence-electron chi connectivity index (χ1n) is 10.3. The number of amides is 1. The number of hydrogen-bond donors (Lipinski definition) is 6. The summed E-state index contributed by atoms with van der Waals surface area (Å²) in [5.41, 5.74) is 0.210. The Kier molecular flexibility index (Phi) is 7.74. The first kappa shape index (κ1) is 24.7.